The van der Waals surface area contributed by atoms with Crippen LogP contribution in [0.1, 0.15) is 0 Å². The summed E-state index contributed by atoms with van der Waals surface area (Å²) in [6, 6.07) is 86.8. The van der Waals surface area contributed by atoms with E-state index in [-0.39, 0.29) is 0 Å². The van der Waals surface area contributed by atoms with Crippen molar-refractivity contribution in [3.05, 3.63) is 237 Å². The number of fused-ring (bicyclic) bond motifs is 7. The molecule has 0 unspecified atom stereocenters. The third kappa shape index (κ3) is 6.15. The quantitative estimate of drug-likeness (QED) is 0.145. The Morgan fingerprint density at radius 2 is 0.839 bits per heavy atom. The van der Waals surface area contributed by atoms with Crippen LogP contribution in [0, 0.1) is 0 Å². The van der Waals surface area contributed by atoms with Crippen LogP contribution < -0.4 is 4.90 Å². The van der Waals surface area contributed by atoms with E-state index in [2.05, 4.69) is 241 Å². The van der Waals surface area contributed by atoms with Gasteiger partial charge in [-0.05, 0) is 108 Å². The number of nitrogens with zero attached hydrogens (tertiary/aromatic N) is 1. The van der Waals surface area contributed by atoms with Gasteiger partial charge in [-0.15, -0.1) is 11.3 Å². The summed E-state index contributed by atoms with van der Waals surface area (Å²) >= 11 is 1.87. The van der Waals surface area contributed by atoms with Crippen LogP contribution in [0.4, 0.5) is 17.1 Å². The predicted molar refractivity (Wildman–Crippen MR) is 268 cm³/mol. The van der Waals surface area contributed by atoms with Crippen LogP contribution in [0.5, 0.6) is 0 Å². The first kappa shape index (κ1) is 36.1. The van der Waals surface area contributed by atoms with Gasteiger partial charge in [0.25, 0.3) is 0 Å². The fourth-order valence-corrected chi connectivity index (χ4v) is 10.7. The van der Waals surface area contributed by atoms with E-state index in [1.165, 1.54) is 97.0 Å². The fraction of sp³-hybridized carbons (Fsp3) is 0. The molecule has 62 heavy (non-hydrogen) atoms. The molecule has 1 nitrogen and oxygen atoms in total. The van der Waals surface area contributed by atoms with Gasteiger partial charge in [0.15, 0.2) is 0 Å². The van der Waals surface area contributed by atoms with E-state index < -0.39 is 0 Å². The average Bonchev–Trinajstić information content (AvgIpc) is 3.74. The molecule has 0 radical (unpaired) electrons. The molecule has 2 heteroatoms. The maximum absolute atomic E-state index is 2.50. The standard InChI is InChI=1S/C60H39NS/c1-2-14-43(15-3-1)51-37-34-46(56-38-45-17-5-7-20-50(45)52-21-8-9-22-53(52)56)39-58(51)61(57-26-13-25-55-54-23-10-11-27-59(54)62-60(55)57)47-35-32-41(33-36-47)40-28-30-44(31-29-40)49-24-12-18-42-16-4-6-19-48(42)49/h1-39H. The first-order chi connectivity index (χ1) is 30.7. The van der Waals surface area contributed by atoms with E-state index in [1.54, 1.807) is 0 Å². The first-order valence-electron chi connectivity index (χ1n) is 21.2. The van der Waals surface area contributed by atoms with E-state index in [0.717, 1.165) is 17.1 Å². The maximum Gasteiger partial charge on any atom is 0.0640 e. The topological polar surface area (TPSA) is 3.24 Å². The average molecular weight is 806 g/mol. The molecule has 0 amide bonds. The third-order valence-corrected chi connectivity index (χ3v) is 13.7. The minimum Gasteiger partial charge on any atom is -0.308 e. The van der Waals surface area contributed by atoms with Crippen molar-refractivity contribution in [3.63, 3.8) is 0 Å². The van der Waals surface area contributed by atoms with Crippen molar-refractivity contribution in [1.82, 2.24) is 0 Å². The Balaban J connectivity index is 1.05. The smallest absolute Gasteiger partial charge is 0.0640 e. The lowest BCUT2D eigenvalue weighted by atomic mass is 9.91. The summed E-state index contributed by atoms with van der Waals surface area (Å²) in [6.07, 6.45) is 0. The van der Waals surface area contributed by atoms with Crippen molar-refractivity contribution < 1.29 is 0 Å². The second-order valence-electron chi connectivity index (χ2n) is 16.0. The van der Waals surface area contributed by atoms with E-state index in [4.69, 9.17) is 0 Å². The molecule has 1 aromatic heterocycles. The Bertz CT molecular complexity index is 3610. The van der Waals surface area contributed by atoms with Crippen molar-refractivity contribution >= 4 is 80.9 Å². The first-order valence-corrected chi connectivity index (χ1v) is 22.1. The molecule has 1 heterocycles. The largest absolute Gasteiger partial charge is 0.308 e. The predicted octanol–water partition coefficient (Wildman–Crippen LogP) is 17.7. The summed E-state index contributed by atoms with van der Waals surface area (Å²) in [7, 11) is 0. The van der Waals surface area contributed by atoms with Gasteiger partial charge in [-0.25, -0.2) is 0 Å². The minimum absolute atomic E-state index is 1.10. The van der Waals surface area contributed by atoms with Crippen molar-refractivity contribution in [3.8, 4) is 44.5 Å². The highest BCUT2D eigenvalue weighted by molar-refractivity contribution is 7.26. The summed E-state index contributed by atoms with van der Waals surface area (Å²) in [4.78, 5) is 2.50. The third-order valence-electron chi connectivity index (χ3n) is 12.5. The van der Waals surface area contributed by atoms with E-state index >= 15 is 0 Å². The van der Waals surface area contributed by atoms with Gasteiger partial charge in [0.05, 0.1) is 16.1 Å². The Hall–Kier alpha value is -7.78. The van der Waals surface area contributed by atoms with Gasteiger partial charge < -0.3 is 4.90 Å². The molecule has 290 valence electrons. The van der Waals surface area contributed by atoms with Crippen LogP contribution in [0.3, 0.4) is 0 Å². The van der Waals surface area contributed by atoms with Crippen molar-refractivity contribution in [2.45, 2.75) is 0 Å². The van der Waals surface area contributed by atoms with Gasteiger partial charge in [0.2, 0.25) is 0 Å². The highest BCUT2D eigenvalue weighted by Crippen LogP contribution is 2.49. The second-order valence-corrected chi connectivity index (χ2v) is 17.1. The van der Waals surface area contributed by atoms with Crippen molar-refractivity contribution in [1.29, 1.82) is 0 Å². The van der Waals surface area contributed by atoms with Gasteiger partial charge in [-0.2, -0.15) is 0 Å². The van der Waals surface area contributed by atoms with E-state index in [0.29, 0.717) is 0 Å². The molecular weight excluding hydrogens is 767 g/mol. The summed E-state index contributed by atoms with van der Waals surface area (Å²) < 4.78 is 2.55. The Labute approximate surface area is 365 Å². The summed E-state index contributed by atoms with van der Waals surface area (Å²) in [5, 5.41) is 10.1. The van der Waals surface area contributed by atoms with Crippen LogP contribution in [0.2, 0.25) is 0 Å². The molecule has 0 fully saturated rings. The molecule has 11 aromatic carbocycles. The van der Waals surface area contributed by atoms with Gasteiger partial charge in [-0.1, -0.05) is 200 Å². The lowest BCUT2D eigenvalue weighted by molar-refractivity contribution is 1.30. The highest BCUT2D eigenvalue weighted by atomic mass is 32.1. The Morgan fingerprint density at radius 3 is 1.65 bits per heavy atom. The van der Waals surface area contributed by atoms with E-state index in [1.807, 2.05) is 11.3 Å². The molecule has 0 N–H and O–H groups in total. The molecular formula is C60H39NS. The van der Waals surface area contributed by atoms with Crippen LogP contribution in [0.15, 0.2) is 237 Å². The normalized spacial score (nSPS) is 11.5. The van der Waals surface area contributed by atoms with Crippen LogP contribution in [0.25, 0.3) is 97.0 Å². The molecule has 12 rings (SSSR count). The minimum atomic E-state index is 1.10. The number of rotatable bonds is 7. The zero-order valence-corrected chi connectivity index (χ0v) is 34.7. The summed E-state index contributed by atoms with van der Waals surface area (Å²) in [5.41, 5.74) is 13.0. The molecule has 12 aromatic rings. The number of thiophene rings is 1. The van der Waals surface area contributed by atoms with Gasteiger partial charge >= 0.3 is 0 Å². The summed E-state index contributed by atoms with van der Waals surface area (Å²) in [6.45, 7) is 0. The SMILES string of the molecule is c1ccc(-c2ccc(-c3cc4ccccc4c4ccccc34)cc2N(c2ccc(-c3ccc(-c4cccc5ccccc45)cc3)cc2)c2cccc3c2sc2ccccc23)cc1. The number of hydrogen-bond acceptors (Lipinski definition) is 2. The van der Waals surface area contributed by atoms with Crippen LogP contribution in [-0.4, -0.2) is 0 Å². The molecule has 0 saturated carbocycles. The van der Waals surface area contributed by atoms with Gasteiger partial charge in [0, 0.05) is 26.7 Å². The van der Waals surface area contributed by atoms with Gasteiger partial charge in [0.1, 0.15) is 0 Å². The van der Waals surface area contributed by atoms with E-state index in [9.17, 15) is 0 Å². The zero-order valence-electron chi connectivity index (χ0n) is 33.9. The molecule has 0 saturated heterocycles. The van der Waals surface area contributed by atoms with Crippen molar-refractivity contribution in [2.24, 2.45) is 0 Å². The molecule has 0 spiro atoms. The lowest BCUT2D eigenvalue weighted by Gasteiger charge is -2.29. The zero-order chi connectivity index (χ0) is 41.0. The summed E-state index contributed by atoms with van der Waals surface area (Å²) in [5.74, 6) is 0. The molecule has 0 bridgehead atoms. The molecule has 0 aliphatic carbocycles. The molecule has 0 aliphatic heterocycles. The number of anilines is 3. The molecule has 0 atom stereocenters. The highest BCUT2D eigenvalue weighted by Gasteiger charge is 2.23. The lowest BCUT2D eigenvalue weighted by Crippen LogP contribution is -2.11. The molecule has 0 aliphatic rings. The second kappa shape index (κ2) is 15.0. The monoisotopic (exact) mass is 805 g/mol. The van der Waals surface area contributed by atoms with Crippen molar-refractivity contribution in [2.75, 3.05) is 4.90 Å². The van der Waals surface area contributed by atoms with Crippen LogP contribution in [-0.2, 0) is 0 Å². The van der Waals surface area contributed by atoms with Gasteiger partial charge in [-0.3, -0.25) is 0 Å². The Morgan fingerprint density at radius 1 is 0.274 bits per heavy atom. The number of hydrogen-bond donors (Lipinski definition) is 0. The fourth-order valence-electron chi connectivity index (χ4n) is 9.48. The number of benzene rings is 11. The maximum atomic E-state index is 2.50. The Kier molecular flexibility index (Phi) is 8.76. The van der Waals surface area contributed by atoms with Crippen LogP contribution >= 0.6 is 11.3 Å².